The molecular formula is C54H43BN2O4. The third-order valence-corrected chi connectivity index (χ3v) is 12.6. The van der Waals surface area contributed by atoms with Crippen molar-refractivity contribution in [2.75, 3.05) is 23.0 Å². The Morgan fingerprint density at radius 1 is 0.508 bits per heavy atom. The van der Waals surface area contributed by atoms with Gasteiger partial charge in [-0.25, -0.2) is 0 Å². The molecule has 7 heteroatoms. The van der Waals surface area contributed by atoms with E-state index in [0.29, 0.717) is 13.2 Å². The minimum Gasteiger partial charge on any atom is -0.490 e. The molecule has 0 unspecified atom stereocenters. The average molecular weight is 795 g/mol. The molecule has 0 amide bonds. The number of furan rings is 2. The Morgan fingerprint density at radius 3 is 1.67 bits per heavy atom. The van der Waals surface area contributed by atoms with Crippen molar-refractivity contribution in [1.29, 1.82) is 0 Å². The summed E-state index contributed by atoms with van der Waals surface area (Å²) < 4.78 is 25.7. The van der Waals surface area contributed by atoms with Crippen LogP contribution in [0, 0.1) is 6.92 Å². The first kappa shape index (κ1) is 35.8. The standard InChI is InChI=1S/C54H43BN2O4/c1-33-26-45-53-46(27-33)57(40-21-17-38(18-22-40)54(2,3)4)44-32-52-51(58-24-9-25-59-52)31-42(44)55(53)41-28-37(50-30-36-11-6-8-13-48(36)61-50)16-23-43(41)56(45)39-19-14-34(15-20-39)49-29-35-10-5-7-12-47(35)60-49/h5-8,10-23,26-32H,9,24-25H2,1-4H3. The van der Waals surface area contributed by atoms with Crippen LogP contribution in [0.4, 0.5) is 34.1 Å². The first-order valence-electron chi connectivity index (χ1n) is 21.3. The smallest absolute Gasteiger partial charge is 0.252 e. The van der Waals surface area contributed by atoms with Gasteiger partial charge in [-0.2, -0.15) is 0 Å². The first-order valence-corrected chi connectivity index (χ1v) is 21.3. The van der Waals surface area contributed by atoms with Crippen molar-refractivity contribution in [2.45, 2.75) is 39.5 Å². The van der Waals surface area contributed by atoms with E-state index in [2.05, 4.69) is 159 Å². The van der Waals surface area contributed by atoms with Crippen LogP contribution in [0.5, 0.6) is 11.5 Å². The molecule has 6 nitrogen and oxygen atoms in total. The van der Waals surface area contributed by atoms with E-state index in [0.717, 1.165) is 96.6 Å². The minimum absolute atomic E-state index is 0.0240. The summed E-state index contributed by atoms with van der Waals surface area (Å²) in [6.45, 7) is 10.1. The van der Waals surface area contributed by atoms with E-state index >= 15 is 0 Å². The van der Waals surface area contributed by atoms with Crippen molar-refractivity contribution in [2.24, 2.45) is 0 Å². The molecule has 0 fully saturated rings. The van der Waals surface area contributed by atoms with Crippen molar-refractivity contribution >= 4 is 79.2 Å². The molecule has 61 heavy (non-hydrogen) atoms. The molecule has 7 aromatic carbocycles. The highest BCUT2D eigenvalue weighted by Gasteiger charge is 2.44. The Bertz CT molecular complexity index is 3130. The summed E-state index contributed by atoms with van der Waals surface area (Å²) in [5.74, 6) is 3.26. The molecule has 0 spiro atoms. The second kappa shape index (κ2) is 13.4. The summed E-state index contributed by atoms with van der Waals surface area (Å²) in [4.78, 5) is 4.88. The number of benzene rings is 7. The fraction of sp³-hybridized carbons (Fsp3) is 0.148. The number of ether oxygens (including phenoxy) is 2. The Morgan fingerprint density at radius 2 is 1.05 bits per heavy atom. The van der Waals surface area contributed by atoms with Gasteiger partial charge in [0.25, 0.3) is 6.71 Å². The maximum absolute atomic E-state index is 6.52. The average Bonchev–Trinajstić information content (AvgIpc) is 3.84. The molecule has 12 rings (SSSR count). The number of fused-ring (bicyclic) bond motifs is 7. The summed E-state index contributed by atoms with van der Waals surface area (Å²) >= 11 is 0. The molecule has 3 aliphatic heterocycles. The van der Waals surface area contributed by atoms with E-state index in [-0.39, 0.29) is 12.1 Å². The summed E-state index contributed by atoms with van der Waals surface area (Å²) in [5.41, 5.74) is 16.6. The predicted molar refractivity (Wildman–Crippen MR) is 250 cm³/mol. The zero-order valence-corrected chi connectivity index (χ0v) is 34.7. The lowest BCUT2D eigenvalue weighted by molar-refractivity contribution is 0.297. The van der Waals surface area contributed by atoms with Crippen LogP contribution in [0.1, 0.15) is 38.3 Å². The molecule has 0 saturated heterocycles. The van der Waals surface area contributed by atoms with Crippen LogP contribution in [0.3, 0.4) is 0 Å². The van der Waals surface area contributed by atoms with Crippen molar-refractivity contribution in [3.8, 4) is 34.1 Å². The van der Waals surface area contributed by atoms with Crippen LogP contribution in [0.2, 0.25) is 0 Å². The van der Waals surface area contributed by atoms with Crippen LogP contribution in [0.25, 0.3) is 44.6 Å². The number of rotatable bonds is 4. The van der Waals surface area contributed by atoms with Gasteiger partial charge in [-0.3, -0.25) is 0 Å². The van der Waals surface area contributed by atoms with Gasteiger partial charge in [0.2, 0.25) is 0 Å². The lowest BCUT2D eigenvalue weighted by Crippen LogP contribution is -2.61. The largest absolute Gasteiger partial charge is 0.490 e. The molecule has 5 heterocycles. The third-order valence-electron chi connectivity index (χ3n) is 12.6. The van der Waals surface area contributed by atoms with Crippen LogP contribution < -0.4 is 35.7 Å². The Balaban J connectivity index is 1.10. The van der Waals surface area contributed by atoms with Crippen LogP contribution >= 0.6 is 0 Å². The molecule has 0 atom stereocenters. The number of aryl methyl sites for hydroxylation is 1. The summed E-state index contributed by atoms with van der Waals surface area (Å²) in [6.07, 6.45) is 0.831. The van der Waals surface area contributed by atoms with Crippen molar-refractivity contribution < 1.29 is 18.3 Å². The molecule has 0 N–H and O–H groups in total. The molecule has 0 radical (unpaired) electrons. The molecule has 0 bridgehead atoms. The topological polar surface area (TPSA) is 51.2 Å². The van der Waals surface area contributed by atoms with E-state index in [4.69, 9.17) is 18.3 Å². The highest BCUT2D eigenvalue weighted by Crippen LogP contribution is 2.48. The van der Waals surface area contributed by atoms with Gasteiger partial charge in [-0.1, -0.05) is 75.4 Å². The molecule has 3 aliphatic rings. The van der Waals surface area contributed by atoms with Gasteiger partial charge in [0.05, 0.1) is 13.2 Å². The van der Waals surface area contributed by atoms with Crippen LogP contribution in [-0.2, 0) is 5.41 Å². The quantitative estimate of drug-likeness (QED) is 0.165. The van der Waals surface area contributed by atoms with Gasteiger partial charge >= 0.3 is 0 Å². The van der Waals surface area contributed by atoms with E-state index in [9.17, 15) is 0 Å². The van der Waals surface area contributed by atoms with Crippen molar-refractivity contribution in [1.82, 2.24) is 0 Å². The van der Waals surface area contributed by atoms with E-state index < -0.39 is 0 Å². The van der Waals surface area contributed by atoms with Crippen molar-refractivity contribution in [3.05, 3.63) is 163 Å². The van der Waals surface area contributed by atoms with Crippen LogP contribution in [-0.4, -0.2) is 19.9 Å². The molecular weight excluding hydrogens is 751 g/mol. The maximum Gasteiger partial charge on any atom is 0.252 e. The van der Waals surface area contributed by atoms with Gasteiger partial charge in [0.15, 0.2) is 11.5 Å². The van der Waals surface area contributed by atoms with E-state index in [1.165, 1.54) is 27.5 Å². The predicted octanol–water partition coefficient (Wildman–Crippen LogP) is 12.4. The monoisotopic (exact) mass is 794 g/mol. The van der Waals surface area contributed by atoms with E-state index in [1.807, 2.05) is 30.3 Å². The fourth-order valence-corrected chi connectivity index (χ4v) is 9.63. The van der Waals surface area contributed by atoms with Gasteiger partial charge in [0.1, 0.15) is 22.7 Å². The number of hydrogen-bond acceptors (Lipinski definition) is 6. The lowest BCUT2D eigenvalue weighted by Gasteiger charge is -2.44. The van der Waals surface area contributed by atoms with Gasteiger partial charge in [-0.15, -0.1) is 0 Å². The number of hydrogen-bond donors (Lipinski definition) is 0. The highest BCUT2D eigenvalue weighted by molar-refractivity contribution is 7.00. The van der Waals surface area contributed by atoms with Gasteiger partial charge in [-0.05, 0) is 131 Å². The molecule has 296 valence electrons. The number of para-hydroxylation sites is 2. The molecule has 9 aromatic rings. The second-order valence-electron chi connectivity index (χ2n) is 17.6. The first-order chi connectivity index (χ1) is 29.7. The lowest BCUT2D eigenvalue weighted by atomic mass is 9.33. The van der Waals surface area contributed by atoms with Crippen LogP contribution in [0.15, 0.2) is 160 Å². The zero-order valence-electron chi connectivity index (χ0n) is 34.7. The molecule has 2 aromatic heterocycles. The number of nitrogens with zero attached hydrogens (tertiary/aromatic N) is 2. The Kier molecular flexibility index (Phi) is 7.89. The molecule has 0 aliphatic carbocycles. The zero-order chi connectivity index (χ0) is 41.0. The van der Waals surface area contributed by atoms with E-state index in [1.54, 1.807) is 0 Å². The summed E-state index contributed by atoms with van der Waals surface area (Å²) in [6, 6.07) is 54.5. The summed E-state index contributed by atoms with van der Waals surface area (Å²) in [7, 11) is 0. The molecule has 0 saturated carbocycles. The summed E-state index contributed by atoms with van der Waals surface area (Å²) in [5, 5.41) is 2.18. The normalized spacial score (nSPS) is 14.2. The van der Waals surface area contributed by atoms with Gasteiger partial charge < -0.3 is 28.1 Å². The van der Waals surface area contributed by atoms with Gasteiger partial charge in [0, 0.05) is 68.5 Å². The SMILES string of the molecule is Cc1cc2c3c(c1)N(c1ccc(C(C)(C)C)cc1)c1cc4c(cc1B3c1cc(-c3cc5ccccc5o3)ccc1N2c1ccc(-c2cc3ccccc3o2)cc1)OCCCO4. The van der Waals surface area contributed by atoms with Crippen molar-refractivity contribution in [3.63, 3.8) is 0 Å². The Labute approximate surface area is 355 Å². The highest BCUT2D eigenvalue weighted by atomic mass is 16.5. The second-order valence-corrected chi connectivity index (χ2v) is 17.6. The fourth-order valence-electron chi connectivity index (χ4n) is 9.63. The number of anilines is 6. The third kappa shape index (κ3) is 5.78. The maximum atomic E-state index is 6.52. The minimum atomic E-state index is -0.117. The Hall–Kier alpha value is -7.12.